The van der Waals surface area contributed by atoms with Gasteiger partial charge in [-0.05, 0) is 17.9 Å². The van der Waals surface area contributed by atoms with Crippen LogP contribution in [0.4, 0.5) is 5.69 Å². The molecule has 1 atom stereocenters. The van der Waals surface area contributed by atoms with Crippen molar-refractivity contribution in [3.8, 4) is 0 Å². The van der Waals surface area contributed by atoms with Crippen LogP contribution in [0.1, 0.15) is 17.8 Å². The van der Waals surface area contributed by atoms with E-state index >= 15 is 0 Å². The molecule has 1 aromatic carbocycles. The molecule has 2 heterocycles. The first-order valence-electron chi connectivity index (χ1n) is 7.79. The Kier molecular flexibility index (Phi) is 5.09. The van der Waals surface area contributed by atoms with Crippen LogP contribution in [0.3, 0.4) is 0 Å². The molecular formula is C15H18N4O4S2. The number of thioether (sulfide) groups is 1. The fourth-order valence-corrected chi connectivity index (χ4v) is 5.55. The fraction of sp³-hybridized carbons (Fsp3) is 0.467. The Morgan fingerprint density at radius 3 is 2.64 bits per heavy atom. The van der Waals surface area contributed by atoms with Gasteiger partial charge >= 0.3 is 0 Å². The Balaban J connectivity index is 1.60. The standard InChI is InChI=1S/C15H18N4O4S2/c1-18-14(8-12-6-7-25(22,23)10-12)16-17-15(18)24-9-11-2-4-13(5-3-11)19(20)21/h2-5,12H,6-10H2,1H3/t12-/m0/s1. The summed E-state index contributed by atoms with van der Waals surface area (Å²) < 4.78 is 25.0. The number of sulfone groups is 1. The first kappa shape index (κ1) is 17.9. The Morgan fingerprint density at radius 1 is 1.32 bits per heavy atom. The van der Waals surface area contributed by atoms with Crippen LogP contribution in [0.5, 0.6) is 0 Å². The van der Waals surface area contributed by atoms with Gasteiger partial charge in [-0.1, -0.05) is 23.9 Å². The van der Waals surface area contributed by atoms with Crippen molar-refractivity contribution in [1.29, 1.82) is 0 Å². The van der Waals surface area contributed by atoms with Gasteiger partial charge in [-0.3, -0.25) is 10.1 Å². The third-order valence-corrected chi connectivity index (χ3v) is 7.17. The van der Waals surface area contributed by atoms with E-state index in [9.17, 15) is 18.5 Å². The number of rotatable bonds is 6. The van der Waals surface area contributed by atoms with Gasteiger partial charge in [0.2, 0.25) is 0 Å². The predicted molar refractivity (Wildman–Crippen MR) is 94.1 cm³/mol. The molecule has 1 saturated heterocycles. The van der Waals surface area contributed by atoms with Crippen molar-refractivity contribution in [3.63, 3.8) is 0 Å². The first-order valence-corrected chi connectivity index (χ1v) is 10.6. The van der Waals surface area contributed by atoms with Crippen molar-refractivity contribution in [2.75, 3.05) is 11.5 Å². The van der Waals surface area contributed by atoms with Crippen LogP contribution in [0.25, 0.3) is 0 Å². The second kappa shape index (κ2) is 7.12. The Labute approximate surface area is 149 Å². The lowest BCUT2D eigenvalue weighted by Crippen LogP contribution is -2.11. The van der Waals surface area contributed by atoms with Crippen molar-refractivity contribution >= 4 is 27.3 Å². The predicted octanol–water partition coefficient (Wildman–Crippen LogP) is 1.99. The molecule has 1 aliphatic heterocycles. The minimum atomic E-state index is -2.89. The zero-order chi connectivity index (χ0) is 18.0. The molecule has 10 heteroatoms. The van der Waals surface area contributed by atoms with Crippen molar-refractivity contribution in [1.82, 2.24) is 14.8 Å². The van der Waals surface area contributed by atoms with Crippen LogP contribution < -0.4 is 0 Å². The van der Waals surface area contributed by atoms with Crippen LogP contribution >= 0.6 is 11.8 Å². The molecule has 1 fully saturated rings. The highest BCUT2D eigenvalue weighted by atomic mass is 32.2. The molecule has 25 heavy (non-hydrogen) atoms. The summed E-state index contributed by atoms with van der Waals surface area (Å²) in [6.07, 6.45) is 1.29. The van der Waals surface area contributed by atoms with Gasteiger partial charge < -0.3 is 4.57 Å². The summed E-state index contributed by atoms with van der Waals surface area (Å²) in [6.45, 7) is 0. The van der Waals surface area contributed by atoms with Gasteiger partial charge in [-0.25, -0.2) is 8.42 Å². The highest BCUT2D eigenvalue weighted by Gasteiger charge is 2.29. The quantitative estimate of drug-likeness (QED) is 0.427. The maximum absolute atomic E-state index is 11.6. The number of aromatic nitrogens is 3. The number of nitro groups is 1. The molecule has 1 aromatic heterocycles. The lowest BCUT2D eigenvalue weighted by molar-refractivity contribution is -0.384. The monoisotopic (exact) mass is 382 g/mol. The number of nitrogens with zero attached hydrogens (tertiary/aromatic N) is 4. The Hall–Kier alpha value is -1.94. The number of hydrogen-bond acceptors (Lipinski definition) is 7. The van der Waals surface area contributed by atoms with Gasteiger partial charge in [0, 0.05) is 31.4 Å². The number of non-ortho nitro benzene ring substituents is 1. The minimum Gasteiger partial charge on any atom is -0.309 e. The Bertz CT molecular complexity index is 877. The summed E-state index contributed by atoms with van der Waals surface area (Å²) in [7, 11) is -1.02. The number of nitro benzene ring substituents is 1. The molecule has 0 unspecified atom stereocenters. The van der Waals surface area contributed by atoms with Crippen LogP contribution in [0, 0.1) is 16.0 Å². The van der Waals surface area contributed by atoms with E-state index in [-0.39, 0.29) is 23.1 Å². The molecule has 1 aliphatic rings. The lowest BCUT2D eigenvalue weighted by atomic mass is 10.1. The molecule has 8 nitrogen and oxygen atoms in total. The molecule has 0 amide bonds. The van der Waals surface area contributed by atoms with Crippen molar-refractivity contribution in [2.24, 2.45) is 13.0 Å². The molecular weight excluding hydrogens is 364 g/mol. The number of benzene rings is 1. The maximum atomic E-state index is 11.6. The number of hydrogen-bond donors (Lipinski definition) is 0. The highest BCUT2D eigenvalue weighted by Crippen LogP contribution is 2.25. The molecule has 0 N–H and O–H groups in total. The normalized spacial score (nSPS) is 19.2. The molecule has 3 rings (SSSR count). The van der Waals surface area contributed by atoms with Crippen molar-refractivity contribution < 1.29 is 13.3 Å². The second-order valence-electron chi connectivity index (χ2n) is 6.14. The van der Waals surface area contributed by atoms with E-state index in [1.165, 1.54) is 23.9 Å². The molecule has 0 aliphatic carbocycles. The fourth-order valence-electron chi connectivity index (χ4n) is 2.80. The first-order chi connectivity index (χ1) is 11.8. The largest absolute Gasteiger partial charge is 0.309 e. The summed E-state index contributed by atoms with van der Waals surface area (Å²) in [6, 6.07) is 6.43. The molecule has 2 aromatic rings. The van der Waals surface area contributed by atoms with Gasteiger partial charge in [0.25, 0.3) is 5.69 Å². The van der Waals surface area contributed by atoms with E-state index in [1.54, 1.807) is 12.1 Å². The summed E-state index contributed by atoms with van der Waals surface area (Å²) in [4.78, 5) is 10.2. The smallest absolute Gasteiger partial charge is 0.269 e. The topological polar surface area (TPSA) is 108 Å². The molecule has 0 saturated carbocycles. The van der Waals surface area contributed by atoms with Crippen LogP contribution in [-0.4, -0.2) is 39.6 Å². The van der Waals surface area contributed by atoms with Gasteiger partial charge in [0.1, 0.15) is 5.82 Å². The third-order valence-electron chi connectivity index (χ3n) is 4.24. The van der Waals surface area contributed by atoms with Crippen molar-refractivity contribution in [3.05, 3.63) is 45.8 Å². The van der Waals surface area contributed by atoms with Crippen LogP contribution in [0.15, 0.2) is 29.4 Å². The molecule has 0 bridgehead atoms. The van der Waals surface area contributed by atoms with Gasteiger partial charge in [-0.2, -0.15) is 0 Å². The van der Waals surface area contributed by atoms with E-state index in [0.717, 1.165) is 16.5 Å². The summed E-state index contributed by atoms with van der Waals surface area (Å²) in [5.41, 5.74) is 1.03. The van der Waals surface area contributed by atoms with E-state index in [4.69, 9.17) is 0 Å². The van der Waals surface area contributed by atoms with Crippen LogP contribution in [0.2, 0.25) is 0 Å². The third kappa shape index (κ3) is 4.37. The lowest BCUT2D eigenvalue weighted by Gasteiger charge is -2.07. The average Bonchev–Trinajstić information content (AvgIpc) is 3.09. The second-order valence-corrected chi connectivity index (χ2v) is 9.31. The van der Waals surface area contributed by atoms with E-state index in [0.29, 0.717) is 18.6 Å². The zero-order valence-corrected chi connectivity index (χ0v) is 15.3. The van der Waals surface area contributed by atoms with E-state index < -0.39 is 14.8 Å². The maximum Gasteiger partial charge on any atom is 0.269 e. The Morgan fingerprint density at radius 2 is 2.04 bits per heavy atom. The van der Waals surface area contributed by atoms with Crippen LogP contribution in [-0.2, 0) is 29.1 Å². The summed E-state index contributed by atoms with van der Waals surface area (Å²) in [5, 5.41) is 19.8. The minimum absolute atomic E-state index is 0.0706. The summed E-state index contributed by atoms with van der Waals surface area (Å²) in [5.74, 6) is 2.01. The van der Waals surface area contributed by atoms with Gasteiger partial charge in [-0.15, -0.1) is 10.2 Å². The highest BCUT2D eigenvalue weighted by molar-refractivity contribution is 7.98. The SMILES string of the molecule is Cn1c(C[C@@H]2CCS(=O)(=O)C2)nnc1SCc1ccc([N+](=O)[O-])cc1. The van der Waals surface area contributed by atoms with E-state index in [2.05, 4.69) is 10.2 Å². The van der Waals surface area contributed by atoms with Gasteiger partial charge in [0.15, 0.2) is 15.0 Å². The van der Waals surface area contributed by atoms with Gasteiger partial charge in [0.05, 0.1) is 16.4 Å². The zero-order valence-electron chi connectivity index (χ0n) is 13.7. The van der Waals surface area contributed by atoms with E-state index in [1.807, 2.05) is 11.6 Å². The molecule has 0 spiro atoms. The average molecular weight is 382 g/mol. The molecule has 134 valence electrons. The van der Waals surface area contributed by atoms with Crippen molar-refractivity contribution in [2.45, 2.75) is 23.8 Å². The summed E-state index contributed by atoms with van der Waals surface area (Å²) >= 11 is 1.49. The molecule has 0 radical (unpaired) electrons.